The lowest BCUT2D eigenvalue weighted by atomic mass is 10.1. The number of aromatic amines is 2. The number of benzene rings is 1. The third kappa shape index (κ3) is 2.55. The van der Waals surface area contributed by atoms with E-state index in [1.54, 1.807) is 12.1 Å². The summed E-state index contributed by atoms with van der Waals surface area (Å²) in [6, 6.07) is 6.32. The van der Waals surface area contributed by atoms with Crippen LogP contribution in [0.25, 0.3) is 0 Å². The van der Waals surface area contributed by atoms with Gasteiger partial charge in [-0.25, -0.2) is 8.42 Å². The summed E-state index contributed by atoms with van der Waals surface area (Å²) in [6.45, 7) is 2.82. The van der Waals surface area contributed by atoms with Crippen LogP contribution in [0.3, 0.4) is 0 Å². The Labute approximate surface area is 128 Å². The number of hydrogen-bond donors (Lipinski definition) is 2. The quantitative estimate of drug-likeness (QED) is 0.872. The van der Waals surface area contributed by atoms with Crippen LogP contribution in [-0.4, -0.2) is 36.1 Å². The first-order valence-electron chi connectivity index (χ1n) is 7.03. The predicted octanol–water partition coefficient (Wildman–Crippen LogP) is 0.849. The molecule has 8 heteroatoms. The van der Waals surface area contributed by atoms with E-state index in [0.29, 0.717) is 30.9 Å². The van der Waals surface area contributed by atoms with E-state index >= 15 is 0 Å². The Balaban J connectivity index is 1.87. The van der Waals surface area contributed by atoms with E-state index in [9.17, 15) is 13.2 Å². The van der Waals surface area contributed by atoms with E-state index in [0.717, 1.165) is 5.69 Å². The Bertz CT molecular complexity index is 821. The van der Waals surface area contributed by atoms with Crippen molar-refractivity contribution in [1.29, 1.82) is 0 Å². The monoisotopic (exact) mass is 323 g/mol. The highest BCUT2D eigenvalue weighted by molar-refractivity contribution is 7.89. The fourth-order valence-corrected chi connectivity index (χ4v) is 3.93. The molecule has 1 aromatic heterocycles. The first-order valence-corrected chi connectivity index (χ1v) is 8.48. The number of aromatic nitrogens is 2. The van der Waals surface area contributed by atoms with Gasteiger partial charge in [0.2, 0.25) is 10.0 Å². The van der Waals surface area contributed by atoms with Crippen LogP contribution in [0.15, 0.2) is 34.0 Å². The Morgan fingerprint density at radius 2 is 1.95 bits per heavy atom. The Morgan fingerprint density at radius 1 is 1.23 bits per heavy atom. The number of nitrogens with zero attached hydrogens (tertiary/aromatic N) is 1. The van der Waals surface area contributed by atoms with E-state index in [-0.39, 0.29) is 17.0 Å². The summed E-state index contributed by atoms with van der Waals surface area (Å²) in [6.07, 6.45) is 0.490. The lowest BCUT2D eigenvalue weighted by Gasteiger charge is -2.25. The number of H-pyrrole nitrogens is 2. The zero-order chi connectivity index (χ0) is 15.7. The largest absolute Gasteiger partial charge is 0.494 e. The molecule has 1 aliphatic rings. The van der Waals surface area contributed by atoms with Crippen molar-refractivity contribution in [2.45, 2.75) is 24.8 Å². The van der Waals surface area contributed by atoms with Gasteiger partial charge in [-0.05, 0) is 31.2 Å². The van der Waals surface area contributed by atoms with Gasteiger partial charge in [0.25, 0.3) is 5.56 Å². The molecule has 22 heavy (non-hydrogen) atoms. The Morgan fingerprint density at radius 3 is 2.64 bits per heavy atom. The van der Waals surface area contributed by atoms with E-state index in [1.165, 1.54) is 16.4 Å². The Kier molecular flexibility index (Phi) is 3.79. The molecule has 2 heterocycles. The van der Waals surface area contributed by atoms with Crippen molar-refractivity contribution in [3.63, 3.8) is 0 Å². The molecule has 0 fully saturated rings. The average Bonchev–Trinajstić information content (AvgIpc) is 2.89. The number of rotatable bonds is 4. The molecule has 0 unspecified atom stereocenters. The molecule has 0 atom stereocenters. The summed E-state index contributed by atoms with van der Waals surface area (Å²) in [7, 11) is -3.62. The Hall–Kier alpha value is -2.06. The lowest BCUT2D eigenvalue weighted by molar-refractivity contribution is 0.340. The second-order valence-corrected chi connectivity index (χ2v) is 6.97. The van der Waals surface area contributed by atoms with Crippen molar-refractivity contribution in [3.8, 4) is 5.75 Å². The molecule has 118 valence electrons. The van der Waals surface area contributed by atoms with Crippen LogP contribution in [-0.2, 0) is 23.0 Å². The number of ether oxygens (including phenoxy) is 1. The van der Waals surface area contributed by atoms with Gasteiger partial charge in [-0.2, -0.15) is 4.31 Å². The van der Waals surface area contributed by atoms with Gasteiger partial charge >= 0.3 is 0 Å². The van der Waals surface area contributed by atoms with Crippen molar-refractivity contribution >= 4 is 10.0 Å². The maximum atomic E-state index is 12.7. The average molecular weight is 323 g/mol. The van der Waals surface area contributed by atoms with Gasteiger partial charge < -0.3 is 9.84 Å². The highest BCUT2D eigenvalue weighted by Crippen LogP contribution is 2.24. The fraction of sp³-hybridized carbons (Fsp3) is 0.357. The molecule has 0 saturated carbocycles. The summed E-state index contributed by atoms with van der Waals surface area (Å²) < 4.78 is 32.0. The molecule has 1 aromatic carbocycles. The molecular formula is C14H17N3O4S. The summed E-state index contributed by atoms with van der Waals surface area (Å²) in [5.41, 5.74) is 1.01. The smallest absolute Gasteiger partial charge is 0.268 e. The molecule has 1 aliphatic heterocycles. The molecule has 3 rings (SSSR count). The van der Waals surface area contributed by atoms with Crippen molar-refractivity contribution in [2.24, 2.45) is 0 Å². The highest BCUT2D eigenvalue weighted by atomic mass is 32.2. The van der Waals surface area contributed by atoms with Crippen molar-refractivity contribution in [3.05, 3.63) is 45.9 Å². The minimum absolute atomic E-state index is 0.0870. The van der Waals surface area contributed by atoms with Crippen LogP contribution in [0.4, 0.5) is 0 Å². The topological polar surface area (TPSA) is 95.3 Å². The molecule has 0 aliphatic carbocycles. The van der Waals surface area contributed by atoms with Crippen LogP contribution < -0.4 is 10.3 Å². The number of sulfonamides is 1. The van der Waals surface area contributed by atoms with Gasteiger partial charge in [0.1, 0.15) is 5.75 Å². The van der Waals surface area contributed by atoms with Crippen LogP contribution in [0, 0.1) is 0 Å². The van der Waals surface area contributed by atoms with Crippen molar-refractivity contribution in [1.82, 2.24) is 14.5 Å². The third-order valence-electron chi connectivity index (χ3n) is 3.68. The van der Waals surface area contributed by atoms with Crippen LogP contribution in [0.5, 0.6) is 5.75 Å². The molecule has 0 radical (unpaired) electrons. The van der Waals surface area contributed by atoms with Crippen LogP contribution >= 0.6 is 0 Å². The molecule has 7 nitrogen and oxygen atoms in total. The normalized spacial score (nSPS) is 15.5. The highest BCUT2D eigenvalue weighted by Gasteiger charge is 2.30. The molecule has 0 spiro atoms. The second-order valence-electron chi connectivity index (χ2n) is 5.03. The van der Waals surface area contributed by atoms with E-state index < -0.39 is 10.0 Å². The maximum Gasteiger partial charge on any atom is 0.268 e. The molecule has 0 bridgehead atoms. The van der Waals surface area contributed by atoms with E-state index in [1.807, 2.05) is 6.92 Å². The summed E-state index contributed by atoms with van der Waals surface area (Å²) in [5, 5.41) is 5.28. The van der Waals surface area contributed by atoms with E-state index in [4.69, 9.17) is 4.74 Å². The van der Waals surface area contributed by atoms with Gasteiger partial charge in [-0.1, -0.05) is 0 Å². The molecule has 0 amide bonds. The minimum Gasteiger partial charge on any atom is -0.494 e. The van der Waals surface area contributed by atoms with Crippen molar-refractivity contribution < 1.29 is 13.2 Å². The van der Waals surface area contributed by atoms with E-state index in [2.05, 4.69) is 10.2 Å². The van der Waals surface area contributed by atoms with Crippen LogP contribution in [0.1, 0.15) is 18.2 Å². The SMILES string of the molecule is CCOc1ccc(S(=O)(=O)N2CCc3[nH][nH]c(=O)c3C2)cc1. The van der Waals surface area contributed by atoms with Gasteiger partial charge in [-0.15, -0.1) is 0 Å². The van der Waals surface area contributed by atoms with Crippen molar-refractivity contribution in [2.75, 3.05) is 13.2 Å². The number of fused-ring (bicyclic) bond motifs is 1. The molecule has 0 saturated heterocycles. The summed E-state index contributed by atoms with van der Waals surface area (Å²) in [4.78, 5) is 11.9. The summed E-state index contributed by atoms with van der Waals surface area (Å²) >= 11 is 0. The summed E-state index contributed by atoms with van der Waals surface area (Å²) in [5.74, 6) is 0.629. The number of nitrogens with one attached hydrogen (secondary N) is 2. The number of hydrogen-bond acceptors (Lipinski definition) is 4. The standard InChI is InChI=1S/C14H17N3O4S/c1-2-21-10-3-5-11(6-4-10)22(19,20)17-8-7-13-12(9-17)14(18)16-15-13/h3-6H,2,7-9H2,1H3,(H2,15,16,18). The first kappa shape index (κ1) is 14.9. The van der Waals surface area contributed by atoms with Gasteiger partial charge in [0.05, 0.1) is 17.1 Å². The minimum atomic E-state index is -3.62. The molecule has 2 N–H and O–H groups in total. The zero-order valence-corrected chi connectivity index (χ0v) is 12.9. The lowest BCUT2D eigenvalue weighted by Crippen LogP contribution is -2.37. The zero-order valence-electron chi connectivity index (χ0n) is 12.1. The maximum absolute atomic E-state index is 12.7. The predicted molar refractivity (Wildman–Crippen MR) is 80.3 cm³/mol. The molecule has 2 aromatic rings. The van der Waals surface area contributed by atoms with Gasteiger partial charge in [-0.3, -0.25) is 9.89 Å². The van der Waals surface area contributed by atoms with Gasteiger partial charge in [0, 0.05) is 25.2 Å². The second kappa shape index (κ2) is 5.62. The third-order valence-corrected chi connectivity index (χ3v) is 5.54. The fourth-order valence-electron chi connectivity index (χ4n) is 2.52. The molecular weight excluding hydrogens is 306 g/mol. The first-order chi connectivity index (χ1) is 10.5. The van der Waals surface area contributed by atoms with Crippen LogP contribution in [0.2, 0.25) is 0 Å². The van der Waals surface area contributed by atoms with Gasteiger partial charge in [0.15, 0.2) is 0 Å².